The first-order valence-corrected chi connectivity index (χ1v) is 7.03. The molecule has 4 heteroatoms. The largest absolute Gasteiger partial charge is 0.455 e. The molecule has 1 fully saturated rings. The summed E-state index contributed by atoms with van der Waals surface area (Å²) in [6.07, 6.45) is 0.771. The molecule has 0 aliphatic carbocycles. The van der Waals surface area contributed by atoms with Crippen LogP contribution in [0.15, 0.2) is 54.6 Å². The van der Waals surface area contributed by atoms with Crippen LogP contribution >= 0.6 is 0 Å². The lowest BCUT2D eigenvalue weighted by Crippen LogP contribution is -2.23. The van der Waals surface area contributed by atoms with Crippen molar-refractivity contribution in [1.29, 1.82) is 0 Å². The predicted octanol–water partition coefficient (Wildman–Crippen LogP) is 3.45. The van der Waals surface area contributed by atoms with Gasteiger partial charge in [-0.1, -0.05) is 30.3 Å². The molecule has 1 amide bonds. The Balaban J connectivity index is 1.74. The second kappa shape index (κ2) is 6.41. The van der Waals surface area contributed by atoms with E-state index in [2.05, 4.69) is 5.32 Å². The third kappa shape index (κ3) is 3.41. The molecular formula is C17H17NO3. The zero-order valence-corrected chi connectivity index (χ0v) is 11.6. The summed E-state index contributed by atoms with van der Waals surface area (Å²) in [5.41, 5.74) is 0.679. The highest BCUT2D eigenvalue weighted by molar-refractivity contribution is 5.94. The van der Waals surface area contributed by atoms with Gasteiger partial charge in [0.05, 0.1) is 18.2 Å². The van der Waals surface area contributed by atoms with Gasteiger partial charge in [0.15, 0.2) is 5.75 Å². The number of anilines is 1. The summed E-state index contributed by atoms with van der Waals surface area (Å²) in [7, 11) is 0. The van der Waals surface area contributed by atoms with Gasteiger partial charge < -0.3 is 14.8 Å². The number of hydrogen-bond donors (Lipinski definition) is 1. The highest BCUT2D eigenvalue weighted by atomic mass is 16.5. The van der Waals surface area contributed by atoms with Crippen LogP contribution in [0.4, 0.5) is 5.69 Å². The Morgan fingerprint density at radius 3 is 2.62 bits per heavy atom. The number of hydrogen-bond acceptors (Lipinski definition) is 3. The quantitative estimate of drug-likeness (QED) is 0.934. The fourth-order valence-electron chi connectivity index (χ4n) is 2.25. The van der Waals surface area contributed by atoms with E-state index in [-0.39, 0.29) is 11.8 Å². The van der Waals surface area contributed by atoms with E-state index in [1.54, 1.807) is 0 Å². The van der Waals surface area contributed by atoms with Crippen LogP contribution in [-0.2, 0) is 9.53 Å². The minimum Gasteiger partial charge on any atom is -0.455 e. The number of rotatable bonds is 4. The minimum absolute atomic E-state index is 0.0170. The minimum atomic E-state index is -0.0743. The normalized spacial score (nSPS) is 17.4. The fourth-order valence-corrected chi connectivity index (χ4v) is 2.25. The molecule has 1 heterocycles. The lowest BCUT2D eigenvalue weighted by molar-refractivity contribution is -0.119. The van der Waals surface area contributed by atoms with E-state index < -0.39 is 0 Å². The van der Waals surface area contributed by atoms with Crippen molar-refractivity contribution in [3.8, 4) is 11.5 Å². The van der Waals surface area contributed by atoms with Crippen LogP contribution in [0.5, 0.6) is 11.5 Å². The molecular weight excluding hydrogens is 266 g/mol. The molecule has 3 rings (SSSR count). The third-order valence-electron chi connectivity index (χ3n) is 3.42. The summed E-state index contributed by atoms with van der Waals surface area (Å²) < 4.78 is 11.1. The van der Waals surface area contributed by atoms with Gasteiger partial charge in [0, 0.05) is 6.61 Å². The molecule has 0 spiro atoms. The summed E-state index contributed by atoms with van der Waals surface area (Å²) >= 11 is 0. The molecule has 21 heavy (non-hydrogen) atoms. The van der Waals surface area contributed by atoms with Crippen LogP contribution in [0.3, 0.4) is 0 Å². The zero-order chi connectivity index (χ0) is 14.5. The first kappa shape index (κ1) is 13.6. The van der Waals surface area contributed by atoms with E-state index >= 15 is 0 Å². The van der Waals surface area contributed by atoms with E-state index in [0.717, 1.165) is 12.2 Å². The predicted molar refractivity (Wildman–Crippen MR) is 80.5 cm³/mol. The summed E-state index contributed by atoms with van der Waals surface area (Å²) in [6.45, 7) is 1.15. The molecule has 1 N–H and O–H groups in total. The number of ether oxygens (including phenoxy) is 2. The van der Waals surface area contributed by atoms with Crippen LogP contribution in [-0.4, -0.2) is 19.1 Å². The molecule has 0 aromatic heterocycles. The number of carbonyl (C=O) groups is 1. The first-order chi connectivity index (χ1) is 10.3. The number of nitrogens with one attached hydrogen (secondary N) is 1. The van der Waals surface area contributed by atoms with Crippen molar-refractivity contribution >= 4 is 11.6 Å². The van der Waals surface area contributed by atoms with Gasteiger partial charge in [0.1, 0.15) is 5.75 Å². The van der Waals surface area contributed by atoms with Gasteiger partial charge in [-0.2, -0.15) is 0 Å². The summed E-state index contributed by atoms with van der Waals surface area (Å²) in [4.78, 5) is 12.2. The van der Waals surface area contributed by atoms with Crippen LogP contribution in [0.2, 0.25) is 0 Å². The maximum atomic E-state index is 12.2. The second-order valence-electron chi connectivity index (χ2n) is 4.96. The Morgan fingerprint density at radius 2 is 1.86 bits per heavy atom. The zero-order valence-electron chi connectivity index (χ0n) is 11.6. The molecule has 1 aliphatic heterocycles. The van der Waals surface area contributed by atoms with Gasteiger partial charge in [-0.3, -0.25) is 4.79 Å². The van der Waals surface area contributed by atoms with Gasteiger partial charge in [-0.05, 0) is 30.7 Å². The summed E-state index contributed by atoms with van der Waals surface area (Å²) in [5.74, 6) is 1.28. The molecule has 4 nitrogen and oxygen atoms in total. The van der Waals surface area contributed by atoms with E-state index in [1.807, 2.05) is 54.6 Å². The Morgan fingerprint density at radius 1 is 1.10 bits per heavy atom. The van der Waals surface area contributed by atoms with Crippen molar-refractivity contribution < 1.29 is 14.3 Å². The SMILES string of the molecule is O=C(Nc1ccccc1Oc1ccccc1)C1CCOC1. The number of para-hydroxylation sites is 3. The number of benzene rings is 2. The van der Waals surface area contributed by atoms with Gasteiger partial charge in [0.25, 0.3) is 0 Å². The van der Waals surface area contributed by atoms with E-state index in [1.165, 1.54) is 0 Å². The molecule has 0 radical (unpaired) electrons. The van der Waals surface area contributed by atoms with Crippen molar-refractivity contribution in [2.24, 2.45) is 5.92 Å². The maximum absolute atomic E-state index is 12.2. The maximum Gasteiger partial charge on any atom is 0.230 e. The van der Waals surface area contributed by atoms with Gasteiger partial charge >= 0.3 is 0 Å². The third-order valence-corrected chi connectivity index (χ3v) is 3.42. The van der Waals surface area contributed by atoms with Crippen LogP contribution in [0.25, 0.3) is 0 Å². The van der Waals surface area contributed by atoms with Crippen molar-refractivity contribution in [3.05, 3.63) is 54.6 Å². The molecule has 1 atom stereocenters. The van der Waals surface area contributed by atoms with Gasteiger partial charge in [-0.25, -0.2) is 0 Å². The lowest BCUT2D eigenvalue weighted by atomic mass is 10.1. The van der Waals surface area contributed by atoms with Crippen molar-refractivity contribution in [1.82, 2.24) is 0 Å². The molecule has 2 aromatic carbocycles. The molecule has 108 valence electrons. The highest BCUT2D eigenvalue weighted by Crippen LogP contribution is 2.29. The standard InChI is InChI=1S/C17H17NO3/c19-17(13-10-11-20-12-13)18-15-8-4-5-9-16(15)21-14-6-2-1-3-7-14/h1-9,13H,10-12H2,(H,18,19). The molecule has 0 saturated carbocycles. The van der Waals surface area contributed by atoms with E-state index in [0.29, 0.717) is 24.7 Å². The lowest BCUT2D eigenvalue weighted by Gasteiger charge is -2.14. The average molecular weight is 283 g/mol. The van der Waals surface area contributed by atoms with Crippen LogP contribution in [0.1, 0.15) is 6.42 Å². The summed E-state index contributed by atoms with van der Waals surface area (Å²) in [5, 5.41) is 2.93. The van der Waals surface area contributed by atoms with Gasteiger partial charge in [0.2, 0.25) is 5.91 Å². The Labute approximate surface area is 123 Å². The molecule has 2 aromatic rings. The number of amides is 1. The van der Waals surface area contributed by atoms with Crippen LogP contribution < -0.4 is 10.1 Å². The van der Waals surface area contributed by atoms with Gasteiger partial charge in [-0.15, -0.1) is 0 Å². The molecule has 1 saturated heterocycles. The fraction of sp³-hybridized carbons (Fsp3) is 0.235. The molecule has 0 bridgehead atoms. The average Bonchev–Trinajstić information content (AvgIpc) is 3.05. The smallest absolute Gasteiger partial charge is 0.230 e. The van der Waals surface area contributed by atoms with E-state index in [4.69, 9.17) is 9.47 Å². The summed E-state index contributed by atoms with van der Waals surface area (Å²) in [6, 6.07) is 16.9. The highest BCUT2D eigenvalue weighted by Gasteiger charge is 2.24. The Hall–Kier alpha value is -2.33. The van der Waals surface area contributed by atoms with Crippen molar-refractivity contribution in [2.45, 2.75) is 6.42 Å². The first-order valence-electron chi connectivity index (χ1n) is 7.03. The van der Waals surface area contributed by atoms with E-state index in [9.17, 15) is 4.79 Å². The van der Waals surface area contributed by atoms with Crippen molar-refractivity contribution in [2.75, 3.05) is 18.5 Å². The topological polar surface area (TPSA) is 47.6 Å². The molecule has 1 unspecified atom stereocenters. The second-order valence-corrected chi connectivity index (χ2v) is 4.96. The molecule has 1 aliphatic rings. The van der Waals surface area contributed by atoms with Crippen molar-refractivity contribution in [3.63, 3.8) is 0 Å². The van der Waals surface area contributed by atoms with Crippen LogP contribution in [0, 0.1) is 5.92 Å². The number of carbonyl (C=O) groups excluding carboxylic acids is 1. The Bertz CT molecular complexity index is 606. The Kier molecular flexibility index (Phi) is 4.17. The monoisotopic (exact) mass is 283 g/mol.